The zero-order valence-electron chi connectivity index (χ0n) is 22.4. The molecule has 1 saturated carbocycles. The van der Waals surface area contributed by atoms with Gasteiger partial charge >= 0.3 is 0 Å². The summed E-state index contributed by atoms with van der Waals surface area (Å²) in [7, 11) is -2.46. The van der Waals surface area contributed by atoms with E-state index in [1.807, 2.05) is 13.8 Å². The smallest absolute Gasteiger partial charge is 0.277 e. The summed E-state index contributed by atoms with van der Waals surface area (Å²) in [5.74, 6) is 2.13. The van der Waals surface area contributed by atoms with Crippen molar-refractivity contribution >= 4 is 21.2 Å². The van der Waals surface area contributed by atoms with Gasteiger partial charge in [0.25, 0.3) is 15.6 Å². The van der Waals surface area contributed by atoms with Crippen molar-refractivity contribution in [2.24, 2.45) is 0 Å². The first-order chi connectivity index (χ1) is 18.8. The molecule has 1 aliphatic carbocycles. The van der Waals surface area contributed by atoms with Gasteiger partial charge in [0.2, 0.25) is 0 Å². The molecule has 1 fully saturated rings. The molecule has 1 aliphatic rings. The van der Waals surface area contributed by atoms with E-state index in [4.69, 9.17) is 19.6 Å². The highest BCUT2D eigenvalue weighted by Gasteiger charge is 2.25. The summed E-state index contributed by atoms with van der Waals surface area (Å²) < 4.78 is 41.9. The predicted molar refractivity (Wildman–Crippen MR) is 149 cm³/mol. The highest BCUT2D eigenvalue weighted by molar-refractivity contribution is 7.92. The van der Waals surface area contributed by atoms with Crippen LogP contribution in [0, 0.1) is 6.92 Å². The summed E-state index contributed by atoms with van der Waals surface area (Å²) in [6.45, 7) is 4.00. The maximum Gasteiger partial charge on any atom is 0.277 e. The van der Waals surface area contributed by atoms with Crippen molar-refractivity contribution in [3.63, 3.8) is 0 Å². The lowest BCUT2D eigenvalue weighted by atomic mass is 10.00. The fourth-order valence-electron chi connectivity index (χ4n) is 5.16. The van der Waals surface area contributed by atoms with Crippen LogP contribution in [0.25, 0.3) is 16.9 Å². The quantitative estimate of drug-likeness (QED) is 0.294. The topological polar surface area (TPSA) is 128 Å². The van der Waals surface area contributed by atoms with Crippen molar-refractivity contribution in [2.45, 2.75) is 63.2 Å². The summed E-state index contributed by atoms with van der Waals surface area (Å²) in [4.78, 5) is 20.9. The maximum atomic E-state index is 13.3. The molecule has 0 spiro atoms. The Bertz CT molecular complexity index is 1650. The van der Waals surface area contributed by atoms with Crippen molar-refractivity contribution in [1.82, 2.24) is 19.6 Å². The van der Waals surface area contributed by atoms with Crippen LogP contribution in [0.2, 0.25) is 0 Å². The second-order valence-electron chi connectivity index (χ2n) is 9.74. The van der Waals surface area contributed by atoms with Crippen LogP contribution in [0.3, 0.4) is 0 Å². The van der Waals surface area contributed by atoms with E-state index in [2.05, 4.69) is 9.71 Å². The molecule has 2 heterocycles. The number of H-pyrrole nitrogens is 1. The van der Waals surface area contributed by atoms with Gasteiger partial charge in [0, 0.05) is 12.0 Å². The van der Waals surface area contributed by atoms with E-state index in [1.165, 1.54) is 32.1 Å². The van der Waals surface area contributed by atoms with E-state index >= 15 is 0 Å². The molecule has 2 aromatic heterocycles. The highest BCUT2D eigenvalue weighted by atomic mass is 32.2. The first-order valence-corrected chi connectivity index (χ1v) is 14.7. The summed E-state index contributed by atoms with van der Waals surface area (Å²) in [5.41, 5.74) is 1.41. The third-order valence-corrected chi connectivity index (χ3v) is 8.44. The number of benzene rings is 2. The monoisotopic (exact) mass is 551 g/mol. The lowest BCUT2D eigenvalue weighted by Crippen LogP contribution is -2.17. The zero-order chi connectivity index (χ0) is 27.6. The summed E-state index contributed by atoms with van der Waals surface area (Å²) in [5, 5.41) is 4.79. The number of nitrogens with zero attached hydrogens (tertiary/aromatic N) is 3. The lowest BCUT2D eigenvalue weighted by Gasteiger charge is -2.15. The van der Waals surface area contributed by atoms with E-state index in [1.54, 1.807) is 34.8 Å². The molecular weight excluding hydrogens is 518 g/mol. The molecule has 206 valence electrons. The van der Waals surface area contributed by atoms with Gasteiger partial charge in [-0.05, 0) is 57.0 Å². The Morgan fingerprint density at radius 1 is 1.10 bits per heavy atom. The van der Waals surface area contributed by atoms with Crippen LogP contribution in [-0.2, 0) is 10.0 Å². The molecule has 10 nitrogen and oxygen atoms in total. The van der Waals surface area contributed by atoms with E-state index in [0.29, 0.717) is 40.6 Å². The van der Waals surface area contributed by atoms with Crippen LogP contribution in [0.5, 0.6) is 11.5 Å². The minimum Gasteiger partial charge on any atom is -0.497 e. The summed E-state index contributed by atoms with van der Waals surface area (Å²) in [6.07, 6.45) is 6.61. The molecule has 11 heteroatoms. The minimum absolute atomic E-state index is 0.00248. The third kappa shape index (κ3) is 5.49. The molecule has 0 bridgehead atoms. The largest absolute Gasteiger partial charge is 0.497 e. The van der Waals surface area contributed by atoms with Crippen LogP contribution in [0.15, 0.2) is 52.2 Å². The van der Waals surface area contributed by atoms with Gasteiger partial charge in [-0.3, -0.25) is 9.52 Å². The lowest BCUT2D eigenvalue weighted by molar-refractivity contribution is 0.341. The van der Waals surface area contributed by atoms with E-state index in [-0.39, 0.29) is 22.2 Å². The molecule has 0 radical (unpaired) electrons. The number of rotatable bonds is 8. The van der Waals surface area contributed by atoms with Gasteiger partial charge in [0.15, 0.2) is 11.3 Å². The Labute approximate surface area is 227 Å². The zero-order valence-corrected chi connectivity index (χ0v) is 23.2. The predicted octanol–water partition coefficient (Wildman–Crippen LogP) is 5.04. The average molecular weight is 552 g/mol. The molecule has 0 saturated heterocycles. The van der Waals surface area contributed by atoms with Crippen LogP contribution in [0.4, 0.5) is 5.69 Å². The van der Waals surface area contributed by atoms with Crippen molar-refractivity contribution in [3.8, 4) is 22.9 Å². The molecule has 0 atom stereocenters. The number of hydrogen-bond donors (Lipinski definition) is 2. The number of methoxy groups -OCH3 is 1. The number of aromatic amines is 1. The molecular formula is C28H33N5O5S. The number of imidazole rings is 1. The van der Waals surface area contributed by atoms with Crippen LogP contribution < -0.4 is 19.8 Å². The second kappa shape index (κ2) is 11.1. The first-order valence-electron chi connectivity index (χ1n) is 13.2. The van der Waals surface area contributed by atoms with Gasteiger partial charge in [0.1, 0.15) is 17.3 Å². The van der Waals surface area contributed by atoms with Gasteiger partial charge in [-0.2, -0.15) is 0 Å². The van der Waals surface area contributed by atoms with E-state index in [0.717, 1.165) is 31.5 Å². The van der Waals surface area contributed by atoms with Crippen LogP contribution in [-0.4, -0.2) is 41.7 Å². The Kier molecular flexibility index (Phi) is 7.60. The van der Waals surface area contributed by atoms with Crippen molar-refractivity contribution in [1.29, 1.82) is 0 Å². The Morgan fingerprint density at radius 2 is 1.87 bits per heavy atom. The third-order valence-electron chi connectivity index (χ3n) is 7.06. The van der Waals surface area contributed by atoms with E-state index < -0.39 is 10.0 Å². The number of hydrogen-bond acceptors (Lipinski definition) is 7. The SMILES string of the molecule is CCOc1ccc(S(=O)(=O)Nc2cccc(OC)c2)cc1-c1nn2c(C3CCCCCC3)nc(C)c2c(=O)[nH]1. The number of aryl methyl sites for hydroxylation is 1. The van der Waals surface area contributed by atoms with Crippen molar-refractivity contribution < 1.29 is 17.9 Å². The molecule has 0 aliphatic heterocycles. The van der Waals surface area contributed by atoms with Crippen molar-refractivity contribution in [3.05, 3.63) is 64.3 Å². The second-order valence-corrected chi connectivity index (χ2v) is 11.4. The number of ether oxygens (including phenoxy) is 2. The highest BCUT2D eigenvalue weighted by Crippen LogP contribution is 2.34. The molecule has 2 aromatic carbocycles. The summed E-state index contributed by atoms with van der Waals surface area (Å²) in [6, 6.07) is 11.2. The standard InChI is InChI=1S/C28H33N5O5S/c1-4-38-24-15-14-22(39(35,36)32-20-12-9-13-21(16-20)37-3)17-23(24)26-30-28(34)25-18(2)29-27(33(25)31-26)19-10-7-5-6-8-11-19/h9,12-17,19,32H,4-8,10-11H2,1-3H3,(H,30,31,34). The maximum absolute atomic E-state index is 13.3. The van der Waals surface area contributed by atoms with E-state index in [9.17, 15) is 13.2 Å². The number of aromatic nitrogens is 4. The summed E-state index contributed by atoms with van der Waals surface area (Å²) >= 11 is 0. The fourth-order valence-corrected chi connectivity index (χ4v) is 6.24. The Balaban J connectivity index is 1.61. The van der Waals surface area contributed by atoms with Crippen LogP contribution >= 0.6 is 0 Å². The first kappa shape index (κ1) is 26.7. The Morgan fingerprint density at radius 3 is 2.59 bits per heavy atom. The van der Waals surface area contributed by atoms with Gasteiger partial charge in [-0.15, -0.1) is 5.10 Å². The molecule has 5 rings (SSSR count). The van der Waals surface area contributed by atoms with Gasteiger partial charge < -0.3 is 14.5 Å². The number of nitrogens with one attached hydrogen (secondary N) is 2. The minimum atomic E-state index is -3.98. The fraction of sp³-hybridized carbons (Fsp3) is 0.393. The molecule has 39 heavy (non-hydrogen) atoms. The normalized spacial score (nSPS) is 14.7. The van der Waals surface area contributed by atoms with Gasteiger partial charge in [-0.25, -0.2) is 17.9 Å². The molecule has 0 amide bonds. The van der Waals surface area contributed by atoms with Crippen molar-refractivity contribution in [2.75, 3.05) is 18.4 Å². The number of sulfonamides is 1. The molecule has 4 aromatic rings. The molecule has 0 unspecified atom stereocenters. The number of anilines is 1. The number of fused-ring (bicyclic) bond motifs is 1. The van der Waals surface area contributed by atoms with Crippen LogP contribution in [0.1, 0.15) is 62.9 Å². The van der Waals surface area contributed by atoms with Gasteiger partial charge in [-0.1, -0.05) is 31.7 Å². The average Bonchev–Trinajstić information content (AvgIpc) is 3.07. The van der Waals surface area contributed by atoms with Gasteiger partial charge in [0.05, 0.1) is 35.6 Å². The Hall–Kier alpha value is -3.86. The molecule has 2 N–H and O–H groups in total.